The van der Waals surface area contributed by atoms with Crippen molar-refractivity contribution in [2.24, 2.45) is 0 Å². The Labute approximate surface area is 155 Å². The van der Waals surface area contributed by atoms with Crippen LogP contribution in [0.15, 0.2) is 10.9 Å². The molecule has 1 fully saturated rings. The van der Waals surface area contributed by atoms with Gasteiger partial charge in [-0.3, -0.25) is 19.5 Å². The summed E-state index contributed by atoms with van der Waals surface area (Å²) < 4.78 is 5.55. The van der Waals surface area contributed by atoms with Gasteiger partial charge in [0.2, 0.25) is 11.9 Å². The van der Waals surface area contributed by atoms with E-state index in [0.717, 1.165) is 25.1 Å². The molecular weight excluding hydrogens is 334 g/mol. The summed E-state index contributed by atoms with van der Waals surface area (Å²) in [5, 5.41) is 0. The van der Waals surface area contributed by atoms with Gasteiger partial charge in [-0.25, -0.2) is 4.98 Å². The SMILES string of the molecule is CC[C@H](C)OCC(=O)N1CC[C@@H](N(C)Cc2cc(=O)[nH]c(N(C)C)n2)C1. The standard InChI is InChI=1S/C18H31N5O3/c1-6-13(2)26-12-17(25)23-8-7-15(11-23)22(5)10-14-9-16(24)20-18(19-14)21(3)4/h9,13,15H,6-8,10-12H2,1-5H3,(H,19,20,24)/t13-,15+/m0/s1. The number of anilines is 1. The number of likely N-dealkylation sites (N-methyl/N-ethyl adjacent to an activating group) is 1. The fourth-order valence-electron chi connectivity index (χ4n) is 2.92. The Bertz CT molecular complexity index is 660. The Hall–Kier alpha value is -1.93. The van der Waals surface area contributed by atoms with E-state index < -0.39 is 0 Å². The maximum Gasteiger partial charge on any atom is 0.252 e. The molecule has 8 heteroatoms. The zero-order chi connectivity index (χ0) is 19.3. The van der Waals surface area contributed by atoms with Crippen LogP contribution in [-0.2, 0) is 16.1 Å². The molecule has 0 aromatic carbocycles. The molecule has 0 radical (unpaired) electrons. The molecule has 1 aliphatic heterocycles. The largest absolute Gasteiger partial charge is 0.369 e. The van der Waals surface area contributed by atoms with Crippen molar-refractivity contribution in [3.63, 3.8) is 0 Å². The van der Waals surface area contributed by atoms with E-state index in [9.17, 15) is 9.59 Å². The van der Waals surface area contributed by atoms with Crippen molar-refractivity contribution in [1.82, 2.24) is 19.8 Å². The number of H-pyrrole nitrogens is 1. The Kier molecular flexibility index (Phi) is 7.16. The lowest BCUT2D eigenvalue weighted by Crippen LogP contribution is -2.38. The van der Waals surface area contributed by atoms with E-state index in [-0.39, 0.29) is 30.2 Å². The summed E-state index contributed by atoms with van der Waals surface area (Å²) >= 11 is 0. The normalized spacial score (nSPS) is 18.4. The van der Waals surface area contributed by atoms with Crippen LogP contribution in [0.2, 0.25) is 0 Å². The maximum absolute atomic E-state index is 12.3. The molecule has 2 atom stereocenters. The highest BCUT2D eigenvalue weighted by Gasteiger charge is 2.29. The van der Waals surface area contributed by atoms with Crippen LogP contribution in [0.4, 0.5) is 5.95 Å². The molecule has 8 nitrogen and oxygen atoms in total. The summed E-state index contributed by atoms with van der Waals surface area (Å²) in [5.74, 6) is 0.594. The molecule has 2 heterocycles. The van der Waals surface area contributed by atoms with Crippen LogP contribution < -0.4 is 10.5 Å². The predicted molar refractivity (Wildman–Crippen MR) is 101 cm³/mol. The summed E-state index contributed by atoms with van der Waals surface area (Å²) in [6.45, 7) is 6.16. The molecule has 0 saturated carbocycles. The molecular formula is C18H31N5O3. The fourth-order valence-corrected chi connectivity index (χ4v) is 2.92. The van der Waals surface area contributed by atoms with Crippen molar-refractivity contribution in [3.05, 3.63) is 22.1 Å². The minimum absolute atomic E-state index is 0.0466. The zero-order valence-corrected chi connectivity index (χ0v) is 16.5. The maximum atomic E-state index is 12.3. The van der Waals surface area contributed by atoms with E-state index in [1.165, 1.54) is 6.07 Å². The number of carbonyl (C=O) groups excluding carboxylic acids is 1. The second kappa shape index (κ2) is 9.14. The van der Waals surface area contributed by atoms with Crippen molar-refractivity contribution < 1.29 is 9.53 Å². The first-order valence-electron chi connectivity index (χ1n) is 9.17. The van der Waals surface area contributed by atoms with Crippen molar-refractivity contribution in [2.75, 3.05) is 45.7 Å². The highest BCUT2D eigenvalue weighted by Crippen LogP contribution is 2.17. The van der Waals surface area contributed by atoms with Gasteiger partial charge in [0.25, 0.3) is 5.56 Å². The third-order valence-corrected chi connectivity index (χ3v) is 4.82. The Morgan fingerprint density at radius 1 is 1.46 bits per heavy atom. The van der Waals surface area contributed by atoms with Gasteiger partial charge in [0.1, 0.15) is 6.61 Å². The number of aromatic amines is 1. The van der Waals surface area contributed by atoms with Gasteiger partial charge in [-0.2, -0.15) is 0 Å². The highest BCUT2D eigenvalue weighted by molar-refractivity contribution is 5.77. The number of hydrogen-bond donors (Lipinski definition) is 1. The molecule has 1 aromatic heterocycles. The molecule has 1 amide bonds. The number of rotatable bonds is 8. The Morgan fingerprint density at radius 3 is 2.85 bits per heavy atom. The predicted octanol–water partition coefficient (Wildman–Crippen LogP) is 0.684. The van der Waals surface area contributed by atoms with E-state index >= 15 is 0 Å². The minimum atomic E-state index is -0.155. The van der Waals surface area contributed by atoms with E-state index in [1.54, 1.807) is 4.90 Å². The molecule has 1 saturated heterocycles. The second-order valence-electron chi connectivity index (χ2n) is 7.18. The molecule has 1 N–H and O–H groups in total. The first-order chi connectivity index (χ1) is 12.3. The monoisotopic (exact) mass is 365 g/mol. The quantitative estimate of drug-likeness (QED) is 0.730. The van der Waals surface area contributed by atoms with Crippen molar-refractivity contribution in [3.8, 4) is 0 Å². The summed E-state index contributed by atoms with van der Waals surface area (Å²) in [4.78, 5) is 37.1. The van der Waals surface area contributed by atoms with Crippen LogP contribution in [0.3, 0.4) is 0 Å². The van der Waals surface area contributed by atoms with Crippen LogP contribution in [-0.4, -0.2) is 78.7 Å². The first kappa shape index (κ1) is 20.4. The molecule has 0 spiro atoms. The molecule has 146 valence electrons. The average molecular weight is 365 g/mol. The number of aromatic nitrogens is 2. The van der Waals surface area contributed by atoms with Gasteiger partial charge >= 0.3 is 0 Å². The Balaban J connectivity index is 1.90. The average Bonchev–Trinajstić information content (AvgIpc) is 3.09. The van der Waals surface area contributed by atoms with Gasteiger partial charge < -0.3 is 14.5 Å². The molecule has 2 rings (SSSR count). The number of carbonyl (C=O) groups is 1. The Morgan fingerprint density at radius 2 is 2.19 bits per heavy atom. The van der Waals surface area contributed by atoms with E-state index in [4.69, 9.17) is 4.74 Å². The fraction of sp³-hybridized carbons (Fsp3) is 0.722. The third kappa shape index (κ3) is 5.54. The smallest absolute Gasteiger partial charge is 0.252 e. The lowest BCUT2D eigenvalue weighted by Gasteiger charge is -2.25. The molecule has 26 heavy (non-hydrogen) atoms. The van der Waals surface area contributed by atoms with Gasteiger partial charge in [0.05, 0.1) is 11.8 Å². The summed E-state index contributed by atoms with van der Waals surface area (Å²) in [5.41, 5.74) is 0.572. The molecule has 0 aliphatic carbocycles. The van der Waals surface area contributed by atoms with Gasteiger partial charge in [0.15, 0.2) is 0 Å². The first-order valence-corrected chi connectivity index (χ1v) is 9.17. The molecule has 1 aromatic rings. The number of likely N-dealkylation sites (tertiary alicyclic amines) is 1. The van der Waals surface area contributed by atoms with Gasteiger partial charge in [0, 0.05) is 45.8 Å². The number of amides is 1. The van der Waals surface area contributed by atoms with Crippen molar-refractivity contribution in [1.29, 1.82) is 0 Å². The lowest BCUT2D eigenvalue weighted by molar-refractivity contribution is -0.137. The third-order valence-electron chi connectivity index (χ3n) is 4.82. The highest BCUT2D eigenvalue weighted by atomic mass is 16.5. The van der Waals surface area contributed by atoms with Crippen molar-refractivity contribution in [2.45, 2.75) is 45.4 Å². The van der Waals surface area contributed by atoms with E-state index in [0.29, 0.717) is 19.0 Å². The number of ether oxygens (including phenoxy) is 1. The summed E-state index contributed by atoms with van der Waals surface area (Å²) in [7, 11) is 5.69. The van der Waals surface area contributed by atoms with Gasteiger partial charge in [-0.15, -0.1) is 0 Å². The molecule has 1 aliphatic rings. The number of hydrogen-bond acceptors (Lipinski definition) is 6. The topological polar surface area (TPSA) is 81.8 Å². The number of nitrogens with zero attached hydrogens (tertiary/aromatic N) is 4. The number of nitrogens with one attached hydrogen (secondary N) is 1. The summed E-state index contributed by atoms with van der Waals surface area (Å²) in [6.07, 6.45) is 1.92. The molecule has 0 bridgehead atoms. The minimum Gasteiger partial charge on any atom is -0.369 e. The zero-order valence-electron chi connectivity index (χ0n) is 16.5. The lowest BCUT2D eigenvalue weighted by atomic mass is 10.2. The van der Waals surface area contributed by atoms with E-state index in [1.807, 2.05) is 39.9 Å². The van der Waals surface area contributed by atoms with Crippen molar-refractivity contribution >= 4 is 11.9 Å². The van der Waals surface area contributed by atoms with Crippen LogP contribution in [0, 0.1) is 0 Å². The van der Waals surface area contributed by atoms with Crippen LogP contribution >= 0.6 is 0 Å². The van der Waals surface area contributed by atoms with Gasteiger partial charge in [-0.1, -0.05) is 6.92 Å². The molecule has 0 unspecified atom stereocenters. The summed E-state index contributed by atoms with van der Waals surface area (Å²) in [6, 6.07) is 1.79. The second-order valence-corrected chi connectivity index (χ2v) is 7.18. The van der Waals surface area contributed by atoms with Gasteiger partial charge in [-0.05, 0) is 26.8 Å². The van der Waals surface area contributed by atoms with E-state index in [2.05, 4.69) is 14.9 Å². The van der Waals surface area contributed by atoms with Crippen LogP contribution in [0.25, 0.3) is 0 Å². The van der Waals surface area contributed by atoms with Crippen LogP contribution in [0.1, 0.15) is 32.4 Å². The van der Waals surface area contributed by atoms with Crippen LogP contribution in [0.5, 0.6) is 0 Å².